The van der Waals surface area contributed by atoms with Crippen molar-refractivity contribution in [2.24, 2.45) is 0 Å². The van der Waals surface area contributed by atoms with Gasteiger partial charge in [0.05, 0.1) is 48.8 Å². The van der Waals surface area contributed by atoms with Gasteiger partial charge in [-0.25, -0.2) is 4.98 Å². The lowest BCUT2D eigenvalue weighted by molar-refractivity contribution is 0.977. The molecule has 0 atom stereocenters. The van der Waals surface area contributed by atoms with Crippen molar-refractivity contribution in [3.8, 4) is 11.8 Å². The van der Waals surface area contributed by atoms with E-state index in [2.05, 4.69) is 177 Å². The zero-order chi connectivity index (χ0) is 36.2. The zero-order valence-electron chi connectivity index (χ0n) is 29.7. The van der Waals surface area contributed by atoms with Crippen LogP contribution >= 0.6 is 11.3 Å². The van der Waals surface area contributed by atoms with Crippen LogP contribution in [0.5, 0.6) is 0 Å². The molecule has 258 valence electrons. The first-order valence-corrected chi connectivity index (χ1v) is 19.8. The van der Waals surface area contributed by atoms with Crippen LogP contribution in [0.1, 0.15) is 0 Å². The van der Waals surface area contributed by atoms with Crippen molar-refractivity contribution in [3.63, 3.8) is 0 Å². The fourth-order valence-corrected chi connectivity index (χ4v) is 11.1. The van der Waals surface area contributed by atoms with E-state index >= 15 is 0 Å². The minimum Gasteiger partial charge on any atom is -0.308 e. The Morgan fingerprint density at radius 3 is 1.73 bits per heavy atom. The highest BCUT2D eigenvalue weighted by Gasteiger charge is 2.28. The monoisotopic (exact) mass is 729 g/mol. The molecule has 5 nitrogen and oxygen atoms in total. The van der Waals surface area contributed by atoms with Crippen LogP contribution < -0.4 is 0 Å². The molecule has 0 unspecified atom stereocenters. The van der Waals surface area contributed by atoms with Gasteiger partial charge < -0.3 is 4.40 Å². The maximum Gasteiger partial charge on any atom is 0.237 e. The highest BCUT2D eigenvalue weighted by Crippen LogP contribution is 2.49. The molecule has 0 aliphatic heterocycles. The molecule has 14 aromatic rings. The summed E-state index contributed by atoms with van der Waals surface area (Å²) in [6.45, 7) is 0. The summed E-state index contributed by atoms with van der Waals surface area (Å²) in [6.07, 6.45) is 0. The Morgan fingerprint density at radius 1 is 0.393 bits per heavy atom. The molecular formula is C50H27N5S. The maximum absolute atomic E-state index is 5.75. The third-order valence-electron chi connectivity index (χ3n) is 12.2. The lowest BCUT2D eigenvalue weighted by Crippen LogP contribution is -2.06. The van der Waals surface area contributed by atoms with Gasteiger partial charge in [-0.05, 0) is 53.2 Å². The molecule has 0 aliphatic carbocycles. The van der Waals surface area contributed by atoms with Crippen LogP contribution in [0.2, 0.25) is 0 Å². The van der Waals surface area contributed by atoms with E-state index in [9.17, 15) is 0 Å². The van der Waals surface area contributed by atoms with Gasteiger partial charge in [0.2, 0.25) is 5.95 Å². The van der Waals surface area contributed by atoms with Crippen LogP contribution in [-0.2, 0) is 0 Å². The van der Waals surface area contributed by atoms with E-state index in [-0.39, 0.29) is 0 Å². The molecule has 14 rings (SSSR count). The molecule has 6 heteroatoms. The number of benzene rings is 8. The van der Waals surface area contributed by atoms with Crippen LogP contribution in [0.3, 0.4) is 0 Å². The van der Waals surface area contributed by atoms with Crippen LogP contribution in [0, 0.1) is 0 Å². The van der Waals surface area contributed by atoms with Crippen molar-refractivity contribution in [2.45, 2.75) is 0 Å². The number of fused-ring (bicyclic) bond motifs is 18. The Hall–Kier alpha value is -7.28. The number of para-hydroxylation sites is 4. The normalized spacial score (nSPS) is 12.6. The van der Waals surface area contributed by atoms with E-state index in [4.69, 9.17) is 9.97 Å². The first-order valence-electron chi connectivity index (χ1n) is 19.0. The molecule has 6 aromatic heterocycles. The molecule has 0 spiro atoms. The topological polar surface area (TPSA) is 40.0 Å². The molecule has 0 N–H and O–H groups in total. The standard InChI is InChI=1S/C50H27N5S/c1-2-14-29-28(13-1)25-26-41-43(29)36-27-35-32-17-5-8-20-37(32)53-40-23-11-6-18-33(40)44(46(35)53)47(36)55(41)49-48-45(34-19-7-12-24-42(34)56-48)51-50(52-49)54-38-21-9-3-15-30(38)31-16-4-10-22-39(31)54/h1-27H. The van der Waals surface area contributed by atoms with Crippen LogP contribution in [-0.4, -0.2) is 23.5 Å². The molecule has 0 saturated heterocycles. The van der Waals surface area contributed by atoms with Crippen molar-refractivity contribution < 1.29 is 0 Å². The minimum atomic E-state index is 0.663. The van der Waals surface area contributed by atoms with Gasteiger partial charge >= 0.3 is 0 Å². The first-order chi connectivity index (χ1) is 27.8. The van der Waals surface area contributed by atoms with Gasteiger partial charge in [0.1, 0.15) is 0 Å². The van der Waals surface area contributed by atoms with E-state index in [0.29, 0.717) is 5.95 Å². The highest BCUT2D eigenvalue weighted by atomic mass is 32.1. The third kappa shape index (κ3) is 3.47. The summed E-state index contributed by atoms with van der Waals surface area (Å²) in [5.74, 6) is 1.56. The van der Waals surface area contributed by atoms with Crippen LogP contribution in [0.15, 0.2) is 164 Å². The fraction of sp³-hybridized carbons (Fsp3) is 0. The van der Waals surface area contributed by atoms with Crippen molar-refractivity contribution in [1.82, 2.24) is 23.5 Å². The lowest BCUT2D eigenvalue weighted by atomic mass is 10.0. The SMILES string of the molecule is c1ccc2c(c1)ccc1c2c2cc3c4ccccc4n4c5ccccc5c(c2n1-c1nc(-n2c5ccccc5c5ccccc52)nc2c1sc1ccccc12)c34. The largest absolute Gasteiger partial charge is 0.308 e. The second-order valence-electron chi connectivity index (χ2n) is 14.9. The molecule has 0 fully saturated rings. The zero-order valence-corrected chi connectivity index (χ0v) is 30.5. The second-order valence-corrected chi connectivity index (χ2v) is 16.0. The molecule has 0 saturated carbocycles. The van der Waals surface area contributed by atoms with Gasteiger partial charge in [0.25, 0.3) is 0 Å². The lowest BCUT2D eigenvalue weighted by Gasteiger charge is -2.13. The summed E-state index contributed by atoms with van der Waals surface area (Å²) in [5.41, 5.74) is 9.13. The average Bonchev–Trinajstić information content (AvgIpc) is 4.05. The highest BCUT2D eigenvalue weighted by molar-refractivity contribution is 7.26. The fourth-order valence-electron chi connectivity index (χ4n) is 9.95. The predicted octanol–water partition coefficient (Wildman–Crippen LogP) is 13.3. The summed E-state index contributed by atoms with van der Waals surface area (Å²) < 4.78 is 9.48. The van der Waals surface area contributed by atoms with Crippen molar-refractivity contribution in [2.75, 3.05) is 0 Å². The minimum absolute atomic E-state index is 0.663. The van der Waals surface area contributed by atoms with Gasteiger partial charge in [-0.1, -0.05) is 121 Å². The van der Waals surface area contributed by atoms with E-state index in [1.54, 1.807) is 11.3 Å². The van der Waals surface area contributed by atoms with Crippen LogP contribution in [0.4, 0.5) is 0 Å². The van der Waals surface area contributed by atoms with Crippen molar-refractivity contribution in [3.05, 3.63) is 164 Å². The Bertz CT molecular complexity index is 3960. The smallest absolute Gasteiger partial charge is 0.237 e. The summed E-state index contributed by atoms with van der Waals surface area (Å²) in [5, 5.41) is 13.5. The van der Waals surface area contributed by atoms with Gasteiger partial charge in [0, 0.05) is 53.2 Å². The Kier molecular flexibility index (Phi) is 5.34. The third-order valence-corrected chi connectivity index (χ3v) is 13.3. The molecule has 8 aromatic carbocycles. The van der Waals surface area contributed by atoms with E-state index in [1.807, 2.05) is 0 Å². The number of nitrogens with zero attached hydrogens (tertiary/aromatic N) is 5. The van der Waals surface area contributed by atoms with Crippen molar-refractivity contribution in [1.29, 1.82) is 0 Å². The molecule has 0 radical (unpaired) electrons. The molecular weight excluding hydrogens is 703 g/mol. The Labute approximate surface area is 321 Å². The molecule has 0 aliphatic rings. The van der Waals surface area contributed by atoms with E-state index in [1.165, 1.54) is 80.6 Å². The van der Waals surface area contributed by atoms with Crippen molar-refractivity contribution >= 4 is 124 Å². The number of hydrogen-bond acceptors (Lipinski definition) is 3. The summed E-state index contributed by atoms with van der Waals surface area (Å²) in [4.78, 5) is 11.3. The van der Waals surface area contributed by atoms with Gasteiger partial charge in [0.15, 0.2) is 5.82 Å². The molecule has 0 bridgehead atoms. The predicted molar refractivity (Wildman–Crippen MR) is 236 cm³/mol. The average molecular weight is 730 g/mol. The number of aromatic nitrogens is 5. The second kappa shape index (κ2) is 10.3. The van der Waals surface area contributed by atoms with Gasteiger partial charge in [-0.3, -0.25) is 9.13 Å². The molecule has 6 heterocycles. The van der Waals surface area contributed by atoms with Gasteiger partial charge in [-0.2, -0.15) is 4.98 Å². The summed E-state index contributed by atoms with van der Waals surface area (Å²) in [6, 6.07) is 59.5. The number of hydrogen-bond donors (Lipinski definition) is 0. The molecule has 56 heavy (non-hydrogen) atoms. The van der Waals surface area contributed by atoms with E-state index in [0.717, 1.165) is 38.0 Å². The Morgan fingerprint density at radius 2 is 0.982 bits per heavy atom. The summed E-state index contributed by atoms with van der Waals surface area (Å²) in [7, 11) is 0. The summed E-state index contributed by atoms with van der Waals surface area (Å²) >= 11 is 1.78. The first kappa shape index (κ1) is 29.1. The quantitative estimate of drug-likeness (QED) is 0.178. The number of rotatable bonds is 2. The molecule has 0 amide bonds. The van der Waals surface area contributed by atoms with E-state index < -0.39 is 0 Å². The van der Waals surface area contributed by atoms with Gasteiger partial charge in [-0.15, -0.1) is 11.3 Å². The maximum atomic E-state index is 5.75. The Balaban J connectivity index is 1.26. The van der Waals surface area contributed by atoms with Crippen LogP contribution in [0.25, 0.3) is 125 Å². The number of thiophene rings is 1.